The maximum atomic E-state index is 13.2. The molecule has 1 aliphatic rings. The highest BCUT2D eigenvalue weighted by atomic mass is 19.1. The molecule has 1 aromatic rings. The monoisotopic (exact) mass is 329 g/mol. The molecule has 0 aliphatic heterocycles. The molecular formula is C19H20FNO3. The Morgan fingerprint density at radius 3 is 2.08 bits per heavy atom. The fourth-order valence-corrected chi connectivity index (χ4v) is 2.86. The number of carbonyl (C=O) groups is 3. The number of hydrogen-bond acceptors (Lipinski definition) is 3. The zero-order valence-electron chi connectivity index (χ0n) is 14.2. The lowest BCUT2D eigenvalue weighted by atomic mass is 9.77. The number of benzene rings is 1. The number of halogens is 1. The molecule has 0 bridgehead atoms. The normalized spacial score (nSPS) is 16.5. The van der Waals surface area contributed by atoms with Crippen LogP contribution in [-0.2, 0) is 14.4 Å². The molecule has 24 heavy (non-hydrogen) atoms. The van der Waals surface area contributed by atoms with Crippen LogP contribution in [0.2, 0.25) is 0 Å². The van der Waals surface area contributed by atoms with Crippen LogP contribution in [0.1, 0.15) is 39.2 Å². The highest BCUT2D eigenvalue weighted by Gasteiger charge is 2.33. The van der Waals surface area contributed by atoms with Gasteiger partial charge in [-0.15, -0.1) is 0 Å². The average molecular weight is 329 g/mol. The van der Waals surface area contributed by atoms with Crippen LogP contribution < -0.4 is 5.32 Å². The highest BCUT2D eigenvalue weighted by Crippen LogP contribution is 2.34. The molecule has 126 valence electrons. The number of carbonyl (C=O) groups excluding carboxylic acids is 3. The van der Waals surface area contributed by atoms with E-state index in [9.17, 15) is 18.8 Å². The SMILES string of the molecule is CC(=O)NCC(C1=C(C)C(=O)C(C)=C(C)C1=O)c1ccc(F)cc1. The molecule has 0 radical (unpaired) electrons. The smallest absolute Gasteiger partial charge is 0.216 e. The summed E-state index contributed by atoms with van der Waals surface area (Å²) in [5, 5.41) is 2.69. The molecule has 0 fully saturated rings. The summed E-state index contributed by atoms with van der Waals surface area (Å²) in [7, 11) is 0. The molecule has 1 N–H and O–H groups in total. The predicted molar refractivity (Wildman–Crippen MR) is 88.9 cm³/mol. The first-order valence-electron chi connectivity index (χ1n) is 7.71. The largest absolute Gasteiger partial charge is 0.355 e. The van der Waals surface area contributed by atoms with Gasteiger partial charge in [0.1, 0.15) is 5.82 Å². The topological polar surface area (TPSA) is 63.2 Å². The Hall–Kier alpha value is -2.56. The van der Waals surface area contributed by atoms with Crippen molar-refractivity contribution in [2.45, 2.75) is 33.6 Å². The maximum Gasteiger partial charge on any atom is 0.216 e. The Morgan fingerprint density at radius 1 is 1.00 bits per heavy atom. The van der Waals surface area contributed by atoms with Crippen molar-refractivity contribution in [2.24, 2.45) is 0 Å². The summed E-state index contributed by atoms with van der Waals surface area (Å²) in [6.07, 6.45) is 0. The van der Waals surface area contributed by atoms with E-state index in [0.29, 0.717) is 27.9 Å². The van der Waals surface area contributed by atoms with E-state index in [1.54, 1.807) is 32.9 Å². The molecule has 1 amide bonds. The van der Waals surface area contributed by atoms with Crippen molar-refractivity contribution in [3.05, 3.63) is 57.9 Å². The first kappa shape index (κ1) is 17.8. The fraction of sp³-hybridized carbons (Fsp3) is 0.316. The van der Waals surface area contributed by atoms with Gasteiger partial charge in [0.2, 0.25) is 5.91 Å². The number of hydrogen-bond donors (Lipinski definition) is 1. The molecule has 1 aromatic carbocycles. The van der Waals surface area contributed by atoms with Crippen LogP contribution in [0.3, 0.4) is 0 Å². The molecule has 0 spiro atoms. The van der Waals surface area contributed by atoms with Gasteiger partial charge in [-0.05, 0) is 38.5 Å². The fourth-order valence-electron chi connectivity index (χ4n) is 2.86. The molecule has 0 saturated carbocycles. The second kappa shape index (κ2) is 6.91. The van der Waals surface area contributed by atoms with E-state index in [4.69, 9.17) is 0 Å². The Bertz CT molecular complexity index is 772. The number of Topliss-reactive ketones (excluding diaryl/α,β-unsaturated/α-hetero) is 2. The Kier molecular flexibility index (Phi) is 5.12. The minimum absolute atomic E-state index is 0.166. The van der Waals surface area contributed by atoms with E-state index >= 15 is 0 Å². The first-order chi connectivity index (χ1) is 11.2. The quantitative estimate of drug-likeness (QED) is 0.864. The molecule has 1 atom stereocenters. The average Bonchev–Trinajstić information content (AvgIpc) is 2.55. The van der Waals surface area contributed by atoms with Gasteiger partial charge in [0.25, 0.3) is 0 Å². The van der Waals surface area contributed by atoms with Gasteiger partial charge in [-0.25, -0.2) is 4.39 Å². The van der Waals surface area contributed by atoms with Gasteiger partial charge in [0.05, 0.1) is 0 Å². The van der Waals surface area contributed by atoms with E-state index in [-0.39, 0.29) is 29.8 Å². The van der Waals surface area contributed by atoms with E-state index in [2.05, 4.69) is 5.32 Å². The van der Waals surface area contributed by atoms with Crippen LogP contribution in [0.15, 0.2) is 46.6 Å². The maximum absolute atomic E-state index is 13.2. The van der Waals surface area contributed by atoms with Crippen LogP contribution in [0.5, 0.6) is 0 Å². The standard InChI is InChI=1S/C19H20FNO3/c1-10-11(2)19(24)17(12(3)18(10)23)16(9-21-13(4)22)14-5-7-15(20)8-6-14/h5-8,16H,9H2,1-4H3,(H,21,22). The van der Waals surface area contributed by atoms with Crippen LogP contribution in [0.25, 0.3) is 0 Å². The van der Waals surface area contributed by atoms with Crippen molar-refractivity contribution >= 4 is 17.5 Å². The minimum atomic E-state index is -0.506. The predicted octanol–water partition coefficient (Wildman–Crippen LogP) is 2.85. The summed E-state index contributed by atoms with van der Waals surface area (Å²) in [5.41, 5.74) is 2.27. The van der Waals surface area contributed by atoms with Gasteiger partial charge in [-0.2, -0.15) is 0 Å². The summed E-state index contributed by atoms with van der Waals surface area (Å²) in [6.45, 7) is 6.43. The van der Waals surface area contributed by atoms with Crippen LogP contribution in [0, 0.1) is 5.82 Å². The summed E-state index contributed by atoms with van der Waals surface area (Å²) in [4.78, 5) is 36.5. The lowest BCUT2D eigenvalue weighted by molar-refractivity contribution is -0.119. The van der Waals surface area contributed by atoms with Gasteiger partial charge in [0, 0.05) is 41.7 Å². The van der Waals surface area contributed by atoms with E-state index in [1.165, 1.54) is 19.1 Å². The van der Waals surface area contributed by atoms with Crippen LogP contribution in [0.4, 0.5) is 4.39 Å². The Labute approximate surface area is 140 Å². The number of amides is 1. The second-order valence-electron chi connectivity index (χ2n) is 5.99. The second-order valence-corrected chi connectivity index (χ2v) is 5.99. The molecule has 1 unspecified atom stereocenters. The van der Waals surface area contributed by atoms with Crippen molar-refractivity contribution in [3.63, 3.8) is 0 Å². The number of rotatable bonds is 4. The molecule has 0 saturated heterocycles. The molecule has 1 aliphatic carbocycles. The number of ketones is 2. The van der Waals surface area contributed by atoms with Gasteiger partial charge >= 0.3 is 0 Å². The van der Waals surface area contributed by atoms with Crippen LogP contribution in [-0.4, -0.2) is 24.0 Å². The third kappa shape index (κ3) is 3.35. The zero-order valence-corrected chi connectivity index (χ0v) is 14.2. The molecule has 0 heterocycles. The summed E-state index contributed by atoms with van der Waals surface area (Å²) < 4.78 is 13.2. The van der Waals surface area contributed by atoms with Gasteiger partial charge in [0.15, 0.2) is 11.6 Å². The number of allylic oxidation sites excluding steroid dienone is 3. The third-order valence-electron chi connectivity index (χ3n) is 4.41. The van der Waals surface area contributed by atoms with Crippen molar-refractivity contribution in [1.29, 1.82) is 0 Å². The number of nitrogens with one attached hydrogen (secondary N) is 1. The van der Waals surface area contributed by atoms with Crippen molar-refractivity contribution < 1.29 is 18.8 Å². The van der Waals surface area contributed by atoms with E-state index < -0.39 is 5.92 Å². The zero-order chi connectivity index (χ0) is 18.0. The van der Waals surface area contributed by atoms with Gasteiger partial charge < -0.3 is 5.32 Å². The van der Waals surface area contributed by atoms with Gasteiger partial charge in [-0.1, -0.05) is 12.1 Å². The third-order valence-corrected chi connectivity index (χ3v) is 4.41. The van der Waals surface area contributed by atoms with E-state index in [1.807, 2.05) is 0 Å². The lowest BCUT2D eigenvalue weighted by Crippen LogP contribution is -2.32. The molecule has 2 rings (SSSR count). The Morgan fingerprint density at radius 2 is 1.54 bits per heavy atom. The summed E-state index contributed by atoms with van der Waals surface area (Å²) in [6, 6.07) is 5.74. The minimum Gasteiger partial charge on any atom is -0.355 e. The molecule has 0 aromatic heterocycles. The molecular weight excluding hydrogens is 309 g/mol. The summed E-state index contributed by atoms with van der Waals surface area (Å²) >= 11 is 0. The summed E-state index contributed by atoms with van der Waals surface area (Å²) in [5.74, 6) is -1.51. The molecule has 4 nitrogen and oxygen atoms in total. The van der Waals surface area contributed by atoms with Crippen LogP contribution >= 0.6 is 0 Å². The Balaban J connectivity index is 2.54. The first-order valence-corrected chi connectivity index (χ1v) is 7.71. The van der Waals surface area contributed by atoms with Crippen molar-refractivity contribution in [2.75, 3.05) is 6.54 Å². The lowest BCUT2D eigenvalue weighted by Gasteiger charge is -2.26. The van der Waals surface area contributed by atoms with Crippen molar-refractivity contribution in [1.82, 2.24) is 5.32 Å². The highest BCUT2D eigenvalue weighted by molar-refractivity contribution is 6.25. The van der Waals surface area contributed by atoms with Crippen molar-refractivity contribution in [3.8, 4) is 0 Å². The molecule has 5 heteroatoms. The van der Waals surface area contributed by atoms with Gasteiger partial charge in [-0.3, -0.25) is 14.4 Å². The van der Waals surface area contributed by atoms with E-state index in [0.717, 1.165) is 0 Å².